The summed E-state index contributed by atoms with van der Waals surface area (Å²) in [5, 5.41) is 32.8. The average Bonchev–Trinajstić information content (AvgIpc) is 3.23. The summed E-state index contributed by atoms with van der Waals surface area (Å²) in [7, 11) is -11.2. The summed E-state index contributed by atoms with van der Waals surface area (Å²) >= 11 is 0. The van der Waals surface area contributed by atoms with E-state index in [2.05, 4.69) is 19.3 Å². The molecule has 0 spiro atoms. The molecule has 2 aliphatic rings. The second kappa shape index (κ2) is 16.4. The van der Waals surface area contributed by atoms with Crippen LogP contribution in [0.3, 0.4) is 0 Å². The van der Waals surface area contributed by atoms with E-state index in [1.54, 1.807) is 0 Å². The number of phosphoric acid groups is 1. The van der Waals surface area contributed by atoms with Crippen molar-refractivity contribution in [2.24, 2.45) is 5.92 Å². The van der Waals surface area contributed by atoms with E-state index in [0.29, 0.717) is 0 Å². The molecule has 1 amide bonds. The molecule has 204 valence electrons. The third-order valence-electron chi connectivity index (χ3n) is 5.77. The Bertz CT molecular complexity index is 1130. The summed E-state index contributed by atoms with van der Waals surface area (Å²) in [4.78, 5) is 62.5. The molecule has 6 N–H and O–H groups in total. The number of carbonyl (C=O) groups is 1. The van der Waals surface area contributed by atoms with Crippen molar-refractivity contribution in [2.75, 3.05) is 12.3 Å². The van der Waals surface area contributed by atoms with Crippen molar-refractivity contribution in [1.29, 1.82) is 0 Å². The minimum absolute atomic E-state index is 0. The molecule has 1 saturated heterocycles. The van der Waals surface area contributed by atoms with Gasteiger partial charge in [-0.25, -0.2) is 4.79 Å². The van der Waals surface area contributed by atoms with Crippen LogP contribution in [0.4, 0.5) is 5.82 Å². The van der Waals surface area contributed by atoms with Crippen LogP contribution in [0.25, 0.3) is 0 Å². The largest absolute Gasteiger partial charge is 1.00 e. The van der Waals surface area contributed by atoms with Gasteiger partial charge in [0.1, 0.15) is 24.1 Å². The number of hydrogen-bond acceptors (Lipinski definition) is 15. The van der Waals surface area contributed by atoms with Crippen LogP contribution in [-0.4, -0.2) is 73.7 Å². The van der Waals surface area contributed by atoms with Crippen LogP contribution >= 0.6 is 15.4 Å². The number of aliphatic hydroxyl groups excluding tert-OH is 3. The molecule has 1 aromatic heterocycles. The fourth-order valence-corrected chi connectivity index (χ4v) is 6.54. The second-order valence-corrected chi connectivity index (χ2v) is 11.4. The van der Waals surface area contributed by atoms with Crippen LogP contribution in [-0.2, 0) is 27.7 Å². The molecular formula is C17H25N4Na3O13P2. The van der Waals surface area contributed by atoms with Crippen LogP contribution in [0, 0.1) is 5.92 Å². The van der Waals surface area contributed by atoms with Gasteiger partial charge in [0.25, 0.3) is 7.82 Å². The van der Waals surface area contributed by atoms with Crippen molar-refractivity contribution in [1.82, 2.24) is 14.9 Å². The molecule has 1 aromatic rings. The molecule has 17 nitrogen and oxygen atoms in total. The van der Waals surface area contributed by atoms with Gasteiger partial charge in [-0.3, -0.25) is 13.9 Å². The Morgan fingerprint density at radius 2 is 1.85 bits per heavy atom. The topological polar surface area (TPSA) is 282 Å². The van der Waals surface area contributed by atoms with Crippen LogP contribution < -0.4 is 120 Å². The van der Waals surface area contributed by atoms with Gasteiger partial charge in [-0.05, 0) is 32.4 Å². The van der Waals surface area contributed by atoms with E-state index in [4.69, 9.17) is 10.5 Å². The number of phosphoric ester groups is 1. The van der Waals surface area contributed by atoms with E-state index in [1.807, 2.05) is 0 Å². The van der Waals surface area contributed by atoms with Gasteiger partial charge >= 0.3 is 94.4 Å². The Balaban J connectivity index is 0.00000481. The number of ether oxygens (including phenoxy) is 1. The van der Waals surface area contributed by atoms with E-state index in [1.165, 1.54) is 6.07 Å². The maximum absolute atomic E-state index is 12.3. The zero-order valence-electron chi connectivity index (χ0n) is 21.7. The van der Waals surface area contributed by atoms with Crippen LogP contribution in [0.2, 0.25) is 0 Å². The number of rotatable bonds is 9. The van der Waals surface area contributed by atoms with E-state index in [0.717, 1.165) is 17.7 Å². The number of aromatic nitrogens is 2. The van der Waals surface area contributed by atoms with Gasteiger partial charge in [-0.2, -0.15) is 4.98 Å². The molecule has 2 unspecified atom stereocenters. The number of nitrogens with zero attached hydrogens (tertiary/aromatic N) is 2. The third-order valence-corrected chi connectivity index (χ3v) is 8.03. The number of nitrogen functional groups attached to an aromatic ring is 1. The number of anilines is 1. The van der Waals surface area contributed by atoms with Crippen molar-refractivity contribution < 1.29 is 146 Å². The monoisotopic (exact) mass is 624 g/mol. The summed E-state index contributed by atoms with van der Waals surface area (Å²) in [5.41, 5.74) is 4.46. The molecule has 0 radical (unpaired) electrons. The normalized spacial score (nSPS) is 30.7. The molecule has 2 heterocycles. The average molecular weight is 624 g/mol. The van der Waals surface area contributed by atoms with Gasteiger partial charge in [0.15, 0.2) is 6.23 Å². The first-order chi connectivity index (χ1) is 16.6. The summed E-state index contributed by atoms with van der Waals surface area (Å²) in [6.45, 7) is 0.171. The maximum atomic E-state index is 12.3. The summed E-state index contributed by atoms with van der Waals surface area (Å²) in [6, 6.07) is 0.289. The number of nitrogens with two attached hydrogens (primary N) is 1. The summed E-state index contributed by atoms with van der Waals surface area (Å²) < 4.78 is 39.4. The molecule has 22 heteroatoms. The molecular weight excluding hydrogens is 599 g/mol. The fraction of sp³-hybridized carbons (Fsp3) is 0.706. The van der Waals surface area contributed by atoms with Crippen LogP contribution in [0.1, 0.15) is 26.0 Å². The maximum Gasteiger partial charge on any atom is 1.00 e. The van der Waals surface area contributed by atoms with Gasteiger partial charge < -0.3 is 59.4 Å². The van der Waals surface area contributed by atoms with E-state index in [9.17, 15) is 48.7 Å². The summed E-state index contributed by atoms with van der Waals surface area (Å²) in [6.07, 6.45) is -7.21. The zero-order chi connectivity index (χ0) is 27.0. The van der Waals surface area contributed by atoms with Gasteiger partial charge in [0.2, 0.25) is 5.91 Å². The number of carbonyl (C=O) groups excluding carboxylic acids is 1. The van der Waals surface area contributed by atoms with Crippen molar-refractivity contribution >= 4 is 27.1 Å². The minimum Gasteiger partial charge on any atom is -0.809 e. The Morgan fingerprint density at radius 1 is 1.23 bits per heavy atom. The first-order valence-electron chi connectivity index (χ1n) is 10.6. The Morgan fingerprint density at radius 3 is 2.38 bits per heavy atom. The zero-order valence-corrected chi connectivity index (χ0v) is 29.5. The molecule has 1 aliphatic heterocycles. The first-order valence-corrected chi connectivity index (χ1v) is 13.6. The van der Waals surface area contributed by atoms with Crippen molar-refractivity contribution in [3.05, 3.63) is 22.7 Å². The number of amides is 1. The molecule has 1 aliphatic carbocycles. The van der Waals surface area contributed by atoms with Gasteiger partial charge in [-0.15, -0.1) is 0 Å². The van der Waals surface area contributed by atoms with Crippen LogP contribution in [0.5, 0.6) is 0 Å². The Hall–Kier alpha value is 1.25. The third kappa shape index (κ3) is 10.7. The van der Waals surface area contributed by atoms with Gasteiger partial charge in [0.05, 0.1) is 24.6 Å². The molecule has 2 fully saturated rings. The number of hydrogen-bond donors (Lipinski definition) is 5. The van der Waals surface area contributed by atoms with Crippen molar-refractivity contribution in [2.45, 2.75) is 62.3 Å². The quantitative estimate of drug-likeness (QED) is 0.126. The molecule has 1 saturated carbocycles. The number of nitrogens with one attached hydrogen (secondary N) is 1. The molecule has 39 heavy (non-hydrogen) atoms. The van der Waals surface area contributed by atoms with E-state index < -0.39 is 82.1 Å². The van der Waals surface area contributed by atoms with Gasteiger partial charge in [-0.1, -0.05) is 0 Å². The fourth-order valence-electron chi connectivity index (χ4n) is 4.15. The first kappa shape index (κ1) is 40.2. The molecule has 9 atom stereocenters. The van der Waals surface area contributed by atoms with Crippen molar-refractivity contribution in [3.63, 3.8) is 0 Å². The van der Waals surface area contributed by atoms with Crippen LogP contribution in [0.15, 0.2) is 17.1 Å². The van der Waals surface area contributed by atoms with E-state index >= 15 is 0 Å². The van der Waals surface area contributed by atoms with E-state index in [-0.39, 0.29) is 107 Å². The molecule has 0 aromatic carbocycles. The second-order valence-electron chi connectivity index (χ2n) is 8.47. The number of aliphatic hydroxyl groups is 3. The predicted octanol–water partition coefficient (Wildman–Crippen LogP) is -13.5. The van der Waals surface area contributed by atoms with Crippen molar-refractivity contribution in [3.8, 4) is 0 Å². The predicted molar refractivity (Wildman–Crippen MR) is 111 cm³/mol. The summed E-state index contributed by atoms with van der Waals surface area (Å²) in [5.74, 6) is -4.38. The Kier molecular flexibility index (Phi) is 16.9. The Labute approximate surface area is 288 Å². The minimum atomic E-state index is -5.71. The van der Waals surface area contributed by atoms with Gasteiger partial charge in [0, 0.05) is 13.1 Å². The molecule has 3 rings (SSSR count). The molecule has 0 bridgehead atoms. The standard InChI is InChI=1S/C17H28N4O13P2.3Na/c1-7(22)19-9-4-8(5-10(9)23)16(35(27,28)29)34-36(30,31)32-6-11-13(24)14(25)15(33-11)21-3-2-12(18)20-17(21)26;;;/h2-3,8-11,13-16,23-25H,4-6H2,1H3,(H,19,22)(H,30,31)(H2,18,20,26)(H2,27,28,29);;;/q;3*+1/p-3/t8-,9-,10+,11+,13+,14+,15+,16?;;;/m0.../s1. The smallest absolute Gasteiger partial charge is 0.809 e. The SMILES string of the molecule is CC(=O)N[C@H]1C[C@H](C(OP(=O)([O-])OC[C@H]2O[C@@H](n3ccc(N)nc3=O)[C@H](O)[C@@H]2O)P(=O)([O-])[O-])C[C@H]1O.[Na+].[Na+].[Na+].